The number of rotatable bonds is 7. The van der Waals surface area contributed by atoms with Crippen molar-refractivity contribution in [3.63, 3.8) is 0 Å². The first-order chi connectivity index (χ1) is 10.2. The van der Waals surface area contributed by atoms with Crippen molar-refractivity contribution < 1.29 is 4.79 Å². The predicted molar refractivity (Wildman–Crippen MR) is 86.4 cm³/mol. The molecule has 1 amide bonds. The van der Waals surface area contributed by atoms with Gasteiger partial charge in [0.05, 0.1) is 6.04 Å². The highest BCUT2D eigenvalue weighted by atomic mass is 32.1. The Morgan fingerprint density at radius 3 is 2.71 bits per heavy atom. The molecule has 118 valence electrons. The van der Waals surface area contributed by atoms with Crippen LogP contribution in [-0.2, 0) is 4.79 Å². The van der Waals surface area contributed by atoms with E-state index in [0.717, 1.165) is 17.8 Å². The topological polar surface area (TPSA) is 54.9 Å². The van der Waals surface area contributed by atoms with E-state index in [-0.39, 0.29) is 11.9 Å². The van der Waals surface area contributed by atoms with Crippen LogP contribution in [0, 0.1) is 0 Å². The summed E-state index contributed by atoms with van der Waals surface area (Å²) >= 11 is 1.71. The summed E-state index contributed by atoms with van der Waals surface area (Å²) in [6, 6.07) is 0.0453. The molecular formula is C16H27N3OS. The summed E-state index contributed by atoms with van der Waals surface area (Å²) in [5, 5.41) is 14.0. The predicted octanol–water partition coefficient (Wildman–Crippen LogP) is 4.34. The molecular weight excluding hydrogens is 282 g/mol. The third-order valence-corrected chi connectivity index (χ3v) is 5.38. The van der Waals surface area contributed by atoms with E-state index in [1.54, 1.807) is 18.3 Å². The lowest BCUT2D eigenvalue weighted by Gasteiger charge is -2.18. The van der Waals surface area contributed by atoms with Crippen molar-refractivity contribution in [3.05, 3.63) is 10.0 Å². The maximum absolute atomic E-state index is 11.4. The van der Waals surface area contributed by atoms with Crippen LogP contribution in [0.1, 0.15) is 93.6 Å². The van der Waals surface area contributed by atoms with Gasteiger partial charge in [0.15, 0.2) is 0 Å². The van der Waals surface area contributed by atoms with Crippen molar-refractivity contribution in [3.8, 4) is 0 Å². The second kappa shape index (κ2) is 8.47. The van der Waals surface area contributed by atoms with Crippen LogP contribution >= 0.6 is 11.3 Å². The van der Waals surface area contributed by atoms with E-state index in [2.05, 4.69) is 22.4 Å². The molecule has 0 radical (unpaired) electrons. The van der Waals surface area contributed by atoms with Crippen molar-refractivity contribution >= 4 is 17.2 Å². The Hall–Kier alpha value is -0.970. The second-order valence-electron chi connectivity index (χ2n) is 6.06. The van der Waals surface area contributed by atoms with Crippen LogP contribution in [0.3, 0.4) is 0 Å². The van der Waals surface area contributed by atoms with Crippen LogP contribution in [0.4, 0.5) is 0 Å². The molecule has 1 saturated carbocycles. The van der Waals surface area contributed by atoms with E-state index >= 15 is 0 Å². The molecule has 2 rings (SSSR count). The number of nitrogens with one attached hydrogen (secondary N) is 1. The molecule has 4 nitrogen and oxygen atoms in total. The summed E-state index contributed by atoms with van der Waals surface area (Å²) in [5.41, 5.74) is 0. The molecule has 1 aromatic rings. The van der Waals surface area contributed by atoms with Crippen LogP contribution in [0.2, 0.25) is 0 Å². The Labute approximate surface area is 131 Å². The van der Waals surface area contributed by atoms with E-state index in [4.69, 9.17) is 0 Å². The summed E-state index contributed by atoms with van der Waals surface area (Å²) in [5.74, 6) is 0.615. The van der Waals surface area contributed by atoms with Gasteiger partial charge in [0.2, 0.25) is 5.91 Å². The fraction of sp³-hybridized carbons (Fsp3) is 0.812. The third-order valence-electron chi connectivity index (χ3n) is 4.18. The number of aromatic nitrogens is 2. The maximum atomic E-state index is 11.4. The quantitative estimate of drug-likeness (QED) is 0.762. The van der Waals surface area contributed by atoms with Gasteiger partial charge in [-0.05, 0) is 19.3 Å². The first-order valence-corrected chi connectivity index (χ1v) is 9.12. The van der Waals surface area contributed by atoms with Gasteiger partial charge in [-0.25, -0.2) is 0 Å². The molecule has 21 heavy (non-hydrogen) atoms. The smallest absolute Gasteiger partial charge is 0.217 e. The average molecular weight is 309 g/mol. The second-order valence-corrected chi connectivity index (χ2v) is 7.10. The Bertz CT molecular complexity index is 440. The maximum Gasteiger partial charge on any atom is 0.217 e. The first kappa shape index (κ1) is 16.4. The molecule has 0 bridgehead atoms. The SMILES string of the molecule is CCCCCC(NC(C)=O)c1nnc(C2CCCCC2)s1. The van der Waals surface area contributed by atoms with E-state index in [9.17, 15) is 4.79 Å². The van der Waals surface area contributed by atoms with Crippen molar-refractivity contribution in [2.24, 2.45) is 0 Å². The van der Waals surface area contributed by atoms with Gasteiger partial charge in [0, 0.05) is 12.8 Å². The molecule has 1 N–H and O–H groups in total. The molecule has 1 fully saturated rings. The molecule has 0 aliphatic heterocycles. The van der Waals surface area contributed by atoms with Gasteiger partial charge in [0.1, 0.15) is 10.0 Å². The lowest BCUT2D eigenvalue weighted by Crippen LogP contribution is -2.26. The number of carbonyl (C=O) groups excluding carboxylic acids is 1. The summed E-state index contributed by atoms with van der Waals surface area (Å²) in [4.78, 5) is 11.4. The molecule has 1 aromatic heterocycles. The Balaban J connectivity index is 2.01. The minimum Gasteiger partial charge on any atom is -0.347 e. The van der Waals surface area contributed by atoms with Crippen molar-refractivity contribution in [2.45, 2.75) is 83.6 Å². The Kier molecular flexibility index (Phi) is 6.61. The third kappa shape index (κ3) is 5.06. The van der Waals surface area contributed by atoms with E-state index < -0.39 is 0 Å². The van der Waals surface area contributed by atoms with Crippen LogP contribution in [0.15, 0.2) is 0 Å². The van der Waals surface area contributed by atoms with Gasteiger partial charge in [0.25, 0.3) is 0 Å². The van der Waals surface area contributed by atoms with Crippen LogP contribution in [0.25, 0.3) is 0 Å². The minimum absolute atomic E-state index is 0.0194. The zero-order chi connectivity index (χ0) is 15.1. The monoisotopic (exact) mass is 309 g/mol. The Morgan fingerprint density at radius 1 is 1.29 bits per heavy atom. The van der Waals surface area contributed by atoms with Gasteiger partial charge in [-0.2, -0.15) is 0 Å². The number of amides is 1. The van der Waals surface area contributed by atoms with Gasteiger partial charge in [-0.1, -0.05) is 56.8 Å². The van der Waals surface area contributed by atoms with E-state index in [0.29, 0.717) is 5.92 Å². The molecule has 0 aromatic carbocycles. The molecule has 1 aliphatic rings. The van der Waals surface area contributed by atoms with Gasteiger partial charge < -0.3 is 5.32 Å². The highest BCUT2D eigenvalue weighted by Crippen LogP contribution is 2.35. The van der Waals surface area contributed by atoms with Crippen LogP contribution < -0.4 is 5.32 Å². The number of hydrogen-bond donors (Lipinski definition) is 1. The molecule has 1 atom stereocenters. The van der Waals surface area contributed by atoms with Crippen LogP contribution in [-0.4, -0.2) is 16.1 Å². The number of hydrogen-bond acceptors (Lipinski definition) is 4. The standard InChI is InChI=1S/C16H27N3OS/c1-3-4-6-11-14(17-12(2)20)16-19-18-15(21-16)13-9-7-5-8-10-13/h13-14H,3-11H2,1-2H3,(H,17,20). The Morgan fingerprint density at radius 2 is 2.05 bits per heavy atom. The molecule has 1 heterocycles. The average Bonchev–Trinajstić information content (AvgIpc) is 2.97. The molecule has 0 saturated heterocycles. The number of unbranched alkanes of at least 4 members (excludes halogenated alkanes) is 2. The molecule has 0 spiro atoms. The van der Waals surface area contributed by atoms with Gasteiger partial charge in [-0.15, -0.1) is 10.2 Å². The van der Waals surface area contributed by atoms with Gasteiger partial charge >= 0.3 is 0 Å². The minimum atomic E-state index is 0.0194. The summed E-state index contributed by atoms with van der Waals surface area (Å²) in [6.07, 6.45) is 10.9. The molecule has 1 aliphatic carbocycles. The normalized spacial score (nSPS) is 17.6. The largest absolute Gasteiger partial charge is 0.347 e. The zero-order valence-electron chi connectivity index (χ0n) is 13.2. The lowest BCUT2D eigenvalue weighted by atomic mass is 9.90. The zero-order valence-corrected chi connectivity index (χ0v) is 14.0. The fourth-order valence-electron chi connectivity index (χ4n) is 3.00. The molecule has 1 unspecified atom stereocenters. The number of carbonyl (C=O) groups is 1. The number of nitrogens with zero attached hydrogens (tertiary/aromatic N) is 2. The molecule has 5 heteroatoms. The van der Waals surface area contributed by atoms with Crippen molar-refractivity contribution in [2.75, 3.05) is 0 Å². The summed E-state index contributed by atoms with van der Waals surface area (Å²) < 4.78 is 0. The highest BCUT2D eigenvalue weighted by molar-refractivity contribution is 7.11. The van der Waals surface area contributed by atoms with Crippen molar-refractivity contribution in [1.82, 2.24) is 15.5 Å². The van der Waals surface area contributed by atoms with E-state index in [1.807, 2.05) is 0 Å². The van der Waals surface area contributed by atoms with E-state index in [1.165, 1.54) is 50.0 Å². The van der Waals surface area contributed by atoms with Gasteiger partial charge in [-0.3, -0.25) is 4.79 Å². The summed E-state index contributed by atoms with van der Waals surface area (Å²) in [7, 11) is 0. The first-order valence-electron chi connectivity index (χ1n) is 8.31. The van der Waals surface area contributed by atoms with Crippen LogP contribution in [0.5, 0.6) is 0 Å². The highest BCUT2D eigenvalue weighted by Gasteiger charge is 2.23. The fourth-order valence-corrected chi connectivity index (χ4v) is 4.10. The summed E-state index contributed by atoms with van der Waals surface area (Å²) in [6.45, 7) is 3.77. The van der Waals surface area contributed by atoms with Crippen molar-refractivity contribution in [1.29, 1.82) is 0 Å². The lowest BCUT2D eigenvalue weighted by molar-refractivity contribution is -0.119.